The first-order valence-electron chi connectivity index (χ1n) is 10.6. The molecule has 29 heavy (non-hydrogen) atoms. The number of hydrogen-bond donors (Lipinski definition) is 2. The number of nitrogens with zero attached hydrogens (tertiary/aromatic N) is 2. The zero-order valence-electron chi connectivity index (χ0n) is 17.3. The van der Waals surface area contributed by atoms with Crippen LogP contribution in [0.15, 0.2) is 24.3 Å². The van der Waals surface area contributed by atoms with E-state index in [-0.39, 0.29) is 11.8 Å². The first-order chi connectivity index (χ1) is 14.2. The van der Waals surface area contributed by atoms with E-state index in [1.165, 1.54) is 0 Å². The molecule has 1 aliphatic rings. The molecule has 0 saturated carbocycles. The summed E-state index contributed by atoms with van der Waals surface area (Å²) in [7, 11) is 0. The Bertz CT molecular complexity index is 860. The number of anilines is 1. The number of aromatic nitrogens is 2. The van der Waals surface area contributed by atoms with E-state index in [1.807, 2.05) is 29.7 Å². The minimum atomic E-state index is -0.312. The van der Waals surface area contributed by atoms with Crippen molar-refractivity contribution in [1.29, 1.82) is 0 Å². The minimum Gasteiger partial charge on any atom is -0.492 e. The summed E-state index contributed by atoms with van der Waals surface area (Å²) in [6, 6.07) is 7.32. The van der Waals surface area contributed by atoms with Gasteiger partial charge in [-0.3, -0.25) is 9.59 Å². The van der Waals surface area contributed by atoms with Gasteiger partial charge >= 0.3 is 0 Å². The fourth-order valence-corrected chi connectivity index (χ4v) is 3.59. The summed E-state index contributed by atoms with van der Waals surface area (Å²) in [5.74, 6) is 0.426. The first kappa shape index (κ1) is 20.9. The average molecular weight is 399 g/mol. The van der Waals surface area contributed by atoms with Crippen LogP contribution in [0.1, 0.15) is 72.8 Å². The van der Waals surface area contributed by atoms with Crippen LogP contribution in [0.4, 0.5) is 5.69 Å². The molecule has 0 bridgehead atoms. The number of amides is 2. The highest BCUT2D eigenvalue weighted by atomic mass is 16.5. The van der Waals surface area contributed by atoms with Gasteiger partial charge < -0.3 is 19.9 Å². The van der Waals surface area contributed by atoms with Gasteiger partial charge in [0.1, 0.15) is 5.75 Å². The predicted molar refractivity (Wildman–Crippen MR) is 113 cm³/mol. The molecule has 0 unspecified atom stereocenters. The van der Waals surface area contributed by atoms with E-state index in [4.69, 9.17) is 4.74 Å². The van der Waals surface area contributed by atoms with Gasteiger partial charge in [-0.15, -0.1) is 0 Å². The lowest BCUT2D eigenvalue weighted by Crippen LogP contribution is -2.28. The molecule has 3 rings (SSSR count). The van der Waals surface area contributed by atoms with Crippen LogP contribution in [0.5, 0.6) is 5.75 Å². The van der Waals surface area contributed by atoms with Crippen molar-refractivity contribution in [3.8, 4) is 5.75 Å². The van der Waals surface area contributed by atoms with Crippen molar-refractivity contribution in [1.82, 2.24) is 14.9 Å². The van der Waals surface area contributed by atoms with Crippen LogP contribution in [0, 0.1) is 0 Å². The molecule has 1 aliphatic heterocycles. The fraction of sp³-hybridized carbons (Fsp3) is 0.500. The Balaban J connectivity index is 1.81. The van der Waals surface area contributed by atoms with Crippen molar-refractivity contribution in [3.05, 3.63) is 41.5 Å². The second-order valence-electron chi connectivity index (χ2n) is 7.19. The van der Waals surface area contributed by atoms with Crippen LogP contribution in [0.3, 0.4) is 0 Å². The Morgan fingerprint density at radius 3 is 2.76 bits per heavy atom. The molecule has 0 aliphatic carbocycles. The van der Waals surface area contributed by atoms with Gasteiger partial charge in [-0.05, 0) is 44.7 Å². The molecule has 0 fully saturated rings. The van der Waals surface area contributed by atoms with Crippen LogP contribution < -0.4 is 15.4 Å². The molecule has 7 nitrogen and oxygen atoms in total. The van der Waals surface area contributed by atoms with Crippen molar-refractivity contribution >= 4 is 17.5 Å². The first-order valence-corrected chi connectivity index (χ1v) is 10.6. The quantitative estimate of drug-likeness (QED) is 0.629. The Morgan fingerprint density at radius 2 is 1.97 bits per heavy atom. The molecule has 2 heterocycles. The molecule has 2 N–H and O–H groups in total. The second-order valence-corrected chi connectivity index (χ2v) is 7.19. The van der Waals surface area contributed by atoms with Gasteiger partial charge in [-0.25, -0.2) is 4.98 Å². The van der Waals surface area contributed by atoms with Gasteiger partial charge in [-0.1, -0.05) is 31.9 Å². The topological polar surface area (TPSA) is 85.2 Å². The third-order valence-corrected chi connectivity index (χ3v) is 5.04. The van der Waals surface area contributed by atoms with Crippen LogP contribution in [-0.2, 0) is 13.0 Å². The molecule has 2 amide bonds. The number of imidazole rings is 1. The van der Waals surface area contributed by atoms with Gasteiger partial charge in [0.15, 0.2) is 11.5 Å². The smallest absolute Gasteiger partial charge is 0.287 e. The average Bonchev–Trinajstić information content (AvgIpc) is 3.13. The molecular weight excluding hydrogens is 368 g/mol. The number of carbonyl (C=O) groups is 2. The SMILES string of the molecule is CCCCCNC(=O)c1nc(C(=O)Nc2ccccc2OCC)c2n1CCCC2. The molecule has 0 saturated heterocycles. The van der Waals surface area contributed by atoms with Crippen molar-refractivity contribution in [2.45, 2.75) is 58.9 Å². The van der Waals surface area contributed by atoms with E-state index in [2.05, 4.69) is 22.5 Å². The lowest BCUT2D eigenvalue weighted by atomic mass is 10.1. The van der Waals surface area contributed by atoms with Crippen molar-refractivity contribution in [2.75, 3.05) is 18.5 Å². The molecule has 0 radical (unpaired) electrons. The zero-order chi connectivity index (χ0) is 20.6. The number of ether oxygens (including phenoxy) is 1. The summed E-state index contributed by atoms with van der Waals surface area (Å²) in [6.07, 6.45) is 5.82. The van der Waals surface area contributed by atoms with E-state index >= 15 is 0 Å². The molecule has 156 valence electrons. The highest BCUT2D eigenvalue weighted by molar-refractivity contribution is 6.05. The summed E-state index contributed by atoms with van der Waals surface area (Å²) in [4.78, 5) is 30.1. The molecule has 0 spiro atoms. The van der Waals surface area contributed by atoms with Crippen molar-refractivity contribution in [2.24, 2.45) is 0 Å². The normalized spacial score (nSPS) is 12.9. The van der Waals surface area contributed by atoms with Crippen LogP contribution >= 0.6 is 0 Å². The van der Waals surface area contributed by atoms with E-state index in [0.29, 0.717) is 42.7 Å². The Kier molecular flexibility index (Phi) is 7.27. The van der Waals surface area contributed by atoms with Crippen LogP contribution in [0.2, 0.25) is 0 Å². The summed E-state index contributed by atoms with van der Waals surface area (Å²) in [5.41, 5.74) is 1.76. The van der Waals surface area contributed by atoms with Gasteiger partial charge in [0, 0.05) is 13.1 Å². The van der Waals surface area contributed by atoms with Crippen molar-refractivity contribution < 1.29 is 14.3 Å². The standard InChI is InChI=1S/C22H30N4O3/c1-3-5-9-14-23-22(28)20-25-19(17-12-8-10-15-26(17)20)21(27)24-16-11-6-7-13-18(16)29-4-2/h6-7,11,13H,3-5,8-10,12,14-15H2,1-2H3,(H,23,28)(H,24,27). The summed E-state index contributed by atoms with van der Waals surface area (Å²) >= 11 is 0. The van der Waals surface area contributed by atoms with Gasteiger partial charge in [-0.2, -0.15) is 0 Å². The number of rotatable bonds is 9. The highest BCUT2D eigenvalue weighted by Crippen LogP contribution is 2.26. The Morgan fingerprint density at radius 1 is 1.14 bits per heavy atom. The lowest BCUT2D eigenvalue weighted by molar-refractivity contribution is 0.0937. The summed E-state index contributed by atoms with van der Waals surface area (Å²) < 4.78 is 7.49. The van der Waals surface area contributed by atoms with E-state index in [9.17, 15) is 9.59 Å². The van der Waals surface area contributed by atoms with Gasteiger partial charge in [0.2, 0.25) is 0 Å². The van der Waals surface area contributed by atoms with Crippen LogP contribution in [-0.4, -0.2) is 34.5 Å². The Hall–Kier alpha value is -2.83. The maximum atomic E-state index is 13.0. The monoisotopic (exact) mass is 398 g/mol. The largest absolute Gasteiger partial charge is 0.492 e. The second kappa shape index (κ2) is 10.1. The van der Waals surface area contributed by atoms with E-state index in [1.54, 1.807) is 6.07 Å². The summed E-state index contributed by atoms with van der Waals surface area (Å²) in [6.45, 7) is 5.87. The number of hydrogen-bond acceptors (Lipinski definition) is 4. The molecule has 2 aromatic rings. The number of nitrogens with one attached hydrogen (secondary N) is 2. The van der Waals surface area contributed by atoms with Crippen LogP contribution in [0.25, 0.3) is 0 Å². The van der Waals surface area contributed by atoms with E-state index < -0.39 is 0 Å². The van der Waals surface area contributed by atoms with Crippen molar-refractivity contribution in [3.63, 3.8) is 0 Å². The number of carbonyl (C=O) groups excluding carboxylic acids is 2. The maximum Gasteiger partial charge on any atom is 0.287 e. The Labute approximate surface area is 171 Å². The number of unbranched alkanes of at least 4 members (excludes halogenated alkanes) is 2. The number of benzene rings is 1. The van der Waals surface area contributed by atoms with Gasteiger partial charge in [0.25, 0.3) is 11.8 Å². The van der Waals surface area contributed by atoms with E-state index in [0.717, 1.165) is 44.2 Å². The van der Waals surface area contributed by atoms with Gasteiger partial charge in [0.05, 0.1) is 18.0 Å². The lowest BCUT2D eigenvalue weighted by Gasteiger charge is -2.17. The molecule has 1 aromatic heterocycles. The maximum absolute atomic E-state index is 13.0. The molecule has 1 aromatic carbocycles. The molecule has 7 heteroatoms. The molecular formula is C22H30N4O3. The minimum absolute atomic E-state index is 0.210. The zero-order valence-corrected chi connectivity index (χ0v) is 17.3. The number of fused-ring (bicyclic) bond motifs is 1. The number of para-hydroxylation sites is 2. The summed E-state index contributed by atoms with van der Waals surface area (Å²) in [5, 5.41) is 5.84. The molecule has 0 atom stereocenters. The highest BCUT2D eigenvalue weighted by Gasteiger charge is 2.27. The predicted octanol–water partition coefficient (Wildman–Crippen LogP) is 3.79. The third-order valence-electron chi connectivity index (χ3n) is 5.04. The third kappa shape index (κ3) is 4.96. The fourth-order valence-electron chi connectivity index (χ4n) is 3.59.